The Balaban J connectivity index is 1.38. The summed E-state index contributed by atoms with van der Waals surface area (Å²) in [5.41, 5.74) is 1.55. The molecule has 1 heterocycles. The highest BCUT2D eigenvalue weighted by Crippen LogP contribution is 2.16. The van der Waals surface area contributed by atoms with Gasteiger partial charge >= 0.3 is 0 Å². The number of ether oxygens (including phenoxy) is 2. The smallest absolute Gasteiger partial charge is 0.220 e. The second kappa shape index (κ2) is 9.46. The third-order valence-electron chi connectivity index (χ3n) is 4.50. The fourth-order valence-corrected chi connectivity index (χ4v) is 2.91. The van der Waals surface area contributed by atoms with Gasteiger partial charge in [-0.3, -0.25) is 4.79 Å². The van der Waals surface area contributed by atoms with Crippen molar-refractivity contribution in [3.63, 3.8) is 0 Å². The molecule has 0 aromatic heterocycles. The molecule has 0 bridgehead atoms. The third-order valence-corrected chi connectivity index (χ3v) is 4.50. The number of halogens is 2. The number of aryl methyl sites for hydroxylation is 1. The molecule has 1 amide bonds. The van der Waals surface area contributed by atoms with E-state index in [1.165, 1.54) is 6.07 Å². The predicted molar refractivity (Wildman–Crippen MR) is 97.4 cm³/mol. The summed E-state index contributed by atoms with van der Waals surface area (Å²) in [6, 6.07) is 11.2. The van der Waals surface area contributed by atoms with Gasteiger partial charge in [-0.1, -0.05) is 18.2 Å². The van der Waals surface area contributed by atoms with Gasteiger partial charge in [0, 0.05) is 19.6 Å². The Morgan fingerprint density at radius 2 is 1.89 bits per heavy atom. The molecule has 1 fully saturated rings. The Hall–Kier alpha value is -2.47. The van der Waals surface area contributed by atoms with E-state index < -0.39 is 11.6 Å². The quantitative estimate of drug-likeness (QED) is 0.764. The van der Waals surface area contributed by atoms with Gasteiger partial charge in [-0.2, -0.15) is 0 Å². The molecule has 1 atom stereocenters. The molecule has 1 saturated heterocycles. The number of rotatable bonds is 8. The van der Waals surface area contributed by atoms with Crippen LogP contribution in [0, 0.1) is 11.6 Å². The summed E-state index contributed by atoms with van der Waals surface area (Å²) in [6.07, 6.45) is 2.88. The van der Waals surface area contributed by atoms with Crippen molar-refractivity contribution in [2.45, 2.75) is 38.3 Å². The number of hydrogen-bond acceptors (Lipinski definition) is 3. The van der Waals surface area contributed by atoms with Crippen LogP contribution in [0.25, 0.3) is 0 Å². The van der Waals surface area contributed by atoms with Gasteiger partial charge in [0.05, 0.1) is 6.10 Å². The molecule has 3 rings (SSSR count). The average molecular weight is 375 g/mol. The highest BCUT2D eigenvalue weighted by atomic mass is 19.2. The zero-order valence-electron chi connectivity index (χ0n) is 15.0. The molecule has 2 aromatic carbocycles. The molecule has 0 saturated carbocycles. The molecule has 144 valence electrons. The minimum Gasteiger partial charge on any atom is -0.491 e. The second-order valence-corrected chi connectivity index (χ2v) is 6.62. The summed E-state index contributed by atoms with van der Waals surface area (Å²) in [5, 5.41) is 2.82. The maximum atomic E-state index is 13.2. The number of carbonyl (C=O) groups is 1. The highest BCUT2D eigenvalue weighted by Gasteiger charge is 2.15. The number of nitrogens with one attached hydrogen (secondary N) is 1. The highest BCUT2D eigenvalue weighted by molar-refractivity contribution is 5.76. The van der Waals surface area contributed by atoms with Crippen molar-refractivity contribution in [3.8, 4) is 5.75 Å². The van der Waals surface area contributed by atoms with Crippen molar-refractivity contribution in [2.24, 2.45) is 0 Å². The van der Waals surface area contributed by atoms with Crippen molar-refractivity contribution in [1.29, 1.82) is 0 Å². The first-order chi connectivity index (χ1) is 13.1. The van der Waals surface area contributed by atoms with E-state index in [0.29, 0.717) is 25.1 Å². The Kier molecular flexibility index (Phi) is 6.76. The topological polar surface area (TPSA) is 47.6 Å². The van der Waals surface area contributed by atoms with Gasteiger partial charge in [-0.25, -0.2) is 8.78 Å². The third kappa shape index (κ3) is 6.03. The predicted octanol–water partition coefficient (Wildman–Crippen LogP) is 3.77. The molecule has 1 aliphatic heterocycles. The van der Waals surface area contributed by atoms with E-state index in [0.717, 1.165) is 42.9 Å². The zero-order chi connectivity index (χ0) is 19.1. The van der Waals surface area contributed by atoms with Crippen LogP contribution in [0.5, 0.6) is 5.75 Å². The molecule has 27 heavy (non-hydrogen) atoms. The number of benzene rings is 2. The van der Waals surface area contributed by atoms with E-state index >= 15 is 0 Å². The van der Waals surface area contributed by atoms with Crippen molar-refractivity contribution >= 4 is 5.91 Å². The first-order valence-corrected chi connectivity index (χ1v) is 9.14. The van der Waals surface area contributed by atoms with E-state index in [1.807, 2.05) is 24.3 Å². The van der Waals surface area contributed by atoms with Crippen molar-refractivity contribution in [3.05, 3.63) is 65.2 Å². The first-order valence-electron chi connectivity index (χ1n) is 9.14. The van der Waals surface area contributed by atoms with Crippen LogP contribution >= 0.6 is 0 Å². The zero-order valence-corrected chi connectivity index (χ0v) is 15.0. The lowest BCUT2D eigenvalue weighted by Gasteiger charge is -2.12. The summed E-state index contributed by atoms with van der Waals surface area (Å²) >= 11 is 0. The largest absolute Gasteiger partial charge is 0.491 e. The Labute approximate surface area is 157 Å². The summed E-state index contributed by atoms with van der Waals surface area (Å²) in [5.74, 6) is -1.14. The normalized spacial score (nSPS) is 16.3. The van der Waals surface area contributed by atoms with Crippen molar-refractivity contribution < 1.29 is 23.0 Å². The summed E-state index contributed by atoms with van der Waals surface area (Å²) in [4.78, 5) is 11.9. The van der Waals surface area contributed by atoms with Crippen LogP contribution in [0.4, 0.5) is 8.78 Å². The number of carbonyl (C=O) groups excluding carboxylic acids is 1. The van der Waals surface area contributed by atoms with E-state index in [2.05, 4.69) is 5.32 Å². The lowest BCUT2D eigenvalue weighted by molar-refractivity contribution is -0.121. The van der Waals surface area contributed by atoms with Gasteiger partial charge in [-0.15, -0.1) is 0 Å². The van der Waals surface area contributed by atoms with Crippen LogP contribution < -0.4 is 10.1 Å². The summed E-state index contributed by atoms with van der Waals surface area (Å²) in [6.45, 7) is 1.77. The van der Waals surface area contributed by atoms with E-state index in [4.69, 9.17) is 9.47 Å². The minimum absolute atomic E-state index is 0.140. The van der Waals surface area contributed by atoms with Crippen LogP contribution in [0.3, 0.4) is 0 Å². The van der Waals surface area contributed by atoms with Gasteiger partial charge in [0.2, 0.25) is 5.91 Å². The van der Waals surface area contributed by atoms with Gasteiger partial charge in [-0.05, 0) is 54.7 Å². The molecular formula is C21H23F2NO3. The van der Waals surface area contributed by atoms with Crippen LogP contribution in [-0.2, 0) is 22.5 Å². The van der Waals surface area contributed by atoms with Crippen LogP contribution in [0.1, 0.15) is 30.4 Å². The van der Waals surface area contributed by atoms with Gasteiger partial charge < -0.3 is 14.8 Å². The molecule has 1 aliphatic rings. The molecule has 2 aromatic rings. The second-order valence-electron chi connectivity index (χ2n) is 6.62. The molecule has 0 radical (unpaired) electrons. The van der Waals surface area contributed by atoms with Crippen LogP contribution in [-0.4, -0.2) is 25.2 Å². The average Bonchev–Trinajstić information content (AvgIpc) is 3.20. The van der Waals surface area contributed by atoms with Crippen molar-refractivity contribution in [2.75, 3.05) is 13.2 Å². The molecule has 1 N–H and O–H groups in total. The standard InChI is InChI=1S/C21H23F2NO3/c22-19-9-5-15(12-20(19)23)6-10-21(25)24-13-16-3-7-17(8-4-16)27-14-18-2-1-11-26-18/h3-5,7-9,12,18H,1-2,6,10-11,13-14H2,(H,24,25). The molecule has 6 heteroatoms. The molecule has 4 nitrogen and oxygen atoms in total. The van der Waals surface area contributed by atoms with E-state index in [1.54, 1.807) is 0 Å². The van der Waals surface area contributed by atoms with Crippen molar-refractivity contribution in [1.82, 2.24) is 5.32 Å². The number of amides is 1. The monoisotopic (exact) mass is 375 g/mol. The Bertz CT molecular complexity index is 759. The minimum atomic E-state index is -0.894. The van der Waals surface area contributed by atoms with Gasteiger partial charge in [0.25, 0.3) is 0 Å². The molecule has 0 spiro atoms. The van der Waals surface area contributed by atoms with Crippen LogP contribution in [0.2, 0.25) is 0 Å². The molecule has 1 unspecified atom stereocenters. The summed E-state index contributed by atoms with van der Waals surface area (Å²) < 4.78 is 37.3. The lowest BCUT2D eigenvalue weighted by atomic mass is 10.1. The maximum absolute atomic E-state index is 13.2. The molecular weight excluding hydrogens is 352 g/mol. The Morgan fingerprint density at radius 3 is 2.59 bits per heavy atom. The summed E-state index contributed by atoms with van der Waals surface area (Å²) in [7, 11) is 0. The molecule has 0 aliphatic carbocycles. The van der Waals surface area contributed by atoms with E-state index in [9.17, 15) is 13.6 Å². The maximum Gasteiger partial charge on any atom is 0.220 e. The van der Waals surface area contributed by atoms with E-state index in [-0.39, 0.29) is 18.4 Å². The lowest BCUT2D eigenvalue weighted by Crippen LogP contribution is -2.23. The SMILES string of the molecule is O=C(CCc1ccc(F)c(F)c1)NCc1ccc(OCC2CCCO2)cc1. The fraction of sp³-hybridized carbons (Fsp3) is 0.381. The fourth-order valence-electron chi connectivity index (χ4n) is 2.91. The van der Waals surface area contributed by atoms with Gasteiger partial charge in [0.1, 0.15) is 12.4 Å². The number of hydrogen-bond donors (Lipinski definition) is 1. The Morgan fingerprint density at radius 1 is 1.11 bits per heavy atom. The van der Waals surface area contributed by atoms with Gasteiger partial charge in [0.15, 0.2) is 11.6 Å². The van der Waals surface area contributed by atoms with Crippen LogP contribution in [0.15, 0.2) is 42.5 Å². The first kappa shape index (κ1) is 19.3.